The second-order valence-corrected chi connectivity index (χ2v) is 15.1. The van der Waals surface area contributed by atoms with E-state index < -0.39 is 28.6 Å². The van der Waals surface area contributed by atoms with Gasteiger partial charge in [0.2, 0.25) is 11.8 Å². The van der Waals surface area contributed by atoms with Gasteiger partial charge in [0.15, 0.2) is 5.82 Å². The van der Waals surface area contributed by atoms with Crippen LogP contribution in [-0.2, 0) is 15.0 Å². The fourth-order valence-electron chi connectivity index (χ4n) is 8.77. The summed E-state index contributed by atoms with van der Waals surface area (Å²) in [6, 6.07) is 9.81. The molecule has 1 aliphatic carbocycles. The molecular formula is C39H43F2N7O4. The van der Waals surface area contributed by atoms with Crippen LogP contribution in [0, 0.1) is 11.6 Å². The molecular weight excluding hydrogens is 668 g/mol. The molecule has 1 saturated carbocycles. The Labute approximate surface area is 300 Å². The Morgan fingerprint density at radius 2 is 1.69 bits per heavy atom. The fourth-order valence-corrected chi connectivity index (χ4v) is 8.77. The quantitative estimate of drug-likeness (QED) is 0.219. The van der Waals surface area contributed by atoms with Gasteiger partial charge in [-0.15, -0.1) is 0 Å². The van der Waals surface area contributed by atoms with Crippen molar-refractivity contribution in [2.45, 2.75) is 89.3 Å². The van der Waals surface area contributed by atoms with Crippen molar-refractivity contribution in [3.63, 3.8) is 0 Å². The van der Waals surface area contributed by atoms with Gasteiger partial charge in [-0.3, -0.25) is 9.59 Å². The van der Waals surface area contributed by atoms with Gasteiger partial charge in [-0.05, 0) is 89.2 Å². The normalized spacial score (nSPS) is 21.5. The van der Waals surface area contributed by atoms with Gasteiger partial charge in [0.1, 0.15) is 17.2 Å². The lowest BCUT2D eigenvalue weighted by atomic mass is 9.73. The standard InChI is InChI=1S/C39H43F2N7O4/c1-22(2)47-21-42-33-20-31(43-36(35(33)47)44-32-18-27(37(50)51)29(40)19-30(32)41)24-7-8-28-34(15-24)48(26-16-25(17-26)46-11-5-4-6-12-46)38(52)39(28)9-13-45(14-10-39)23(3)49/h7-8,15,18-22,25-26H,4-6,9-14,16-17H2,1-3H3,(H,43,44)(H,50,51)/t25-,26+. The molecule has 0 unspecified atom stereocenters. The highest BCUT2D eigenvalue weighted by molar-refractivity contribution is 6.09. The van der Waals surface area contributed by atoms with Crippen molar-refractivity contribution in [1.29, 1.82) is 0 Å². The number of nitrogens with one attached hydrogen (secondary N) is 1. The predicted octanol–water partition coefficient (Wildman–Crippen LogP) is 6.64. The number of fused-ring (bicyclic) bond motifs is 3. The second kappa shape index (κ2) is 12.9. The Hall–Kier alpha value is -4.91. The Morgan fingerprint density at radius 1 is 0.962 bits per heavy atom. The Morgan fingerprint density at radius 3 is 2.37 bits per heavy atom. The Bertz CT molecular complexity index is 2100. The minimum Gasteiger partial charge on any atom is -0.478 e. The highest BCUT2D eigenvalue weighted by Crippen LogP contribution is 2.52. The number of aromatic carboxylic acids is 1. The fraction of sp³-hybridized carbons (Fsp3) is 0.462. The van der Waals surface area contributed by atoms with E-state index in [1.165, 1.54) is 19.3 Å². The molecule has 0 atom stereocenters. The van der Waals surface area contributed by atoms with Crippen LogP contribution in [0.2, 0.25) is 0 Å². The van der Waals surface area contributed by atoms with Crippen LogP contribution < -0.4 is 10.2 Å². The SMILES string of the molecule is CC(=O)N1CCC2(CC1)C(=O)N([C@H]1C[C@@H](N3CCCCC3)C1)c1cc(-c3cc4ncn(C(C)C)c4c(Nc4cc(C(=O)O)c(F)cc4F)n3)ccc12. The lowest BCUT2D eigenvalue weighted by Gasteiger charge is -2.48. The molecule has 52 heavy (non-hydrogen) atoms. The molecule has 8 rings (SSSR count). The van der Waals surface area contributed by atoms with Crippen LogP contribution in [0.1, 0.15) is 87.7 Å². The van der Waals surface area contributed by atoms with Crippen LogP contribution in [0.4, 0.5) is 26.0 Å². The molecule has 0 radical (unpaired) electrons. The van der Waals surface area contributed by atoms with Crippen molar-refractivity contribution < 1.29 is 28.3 Å². The highest BCUT2D eigenvalue weighted by Gasteiger charge is 2.55. The topological polar surface area (TPSA) is 124 Å². The Kier molecular flexibility index (Phi) is 8.51. The molecule has 0 bridgehead atoms. The third-order valence-electron chi connectivity index (χ3n) is 11.8. The number of aromatic nitrogens is 3. The van der Waals surface area contributed by atoms with Gasteiger partial charge in [-0.1, -0.05) is 18.6 Å². The van der Waals surface area contributed by atoms with Gasteiger partial charge in [-0.2, -0.15) is 0 Å². The minimum atomic E-state index is -1.52. The van der Waals surface area contributed by atoms with Crippen molar-refractivity contribution >= 4 is 46.0 Å². The molecule has 2 saturated heterocycles. The summed E-state index contributed by atoms with van der Waals surface area (Å²) >= 11 is 0. The van der Waals surface area contributed by atoms with Crippen LogP contribution in [0.5, 0.6) is 0 Å². The first-order valence-corrected chi connectivity index (χ1v) is 18.3. The first kappa shape index (κ1) is 34.2. The summed E-state index contributed by atoms with van der Waals surface area (Å²) < 4.78 is 31.3. The largest absolute Gasteiger partial charge is 0.478 e. The molecule has 11 nitrogen and oxygen atoms in total. The number of pyridine rings is 1. The number of amides is 2. The number of hydrogen-bond donors (Lipinski definition) is 2. The van der Waals surface area contributed by atoms with Gasteiger partial charge < -0.3 is 29.7 Å². The van der Waals surface area contributed by atoms with E-state index in [2.05, 4.69) is 15.2 Å². The monoisotopic (exact) mass is 711 g/mol. The maximum absolute atomic E-state index is 15.1. The summed E-state index contributed by atoms with van der Waals surface area (Å²) in [5, 5.41) is 12.5. The molecule has 272 valence electrons. The van der Waals surface area contributed by atoms with Gasteiger partial charge in [-0.25, -0.2) is 23.5 Å². The van der Waals surface area contributed by atoms with Crippen molar-refractivity contribution in [3.8, 4) is 11.3 Å². The molecule has 2 amide bonds. The number of carboxylic acid groups (broad SMARTS) is 1. The van der Waals surface area contributed by atoms with Crippen LogP contribution in [-0.4, -0.2) is 85.5 Å². The minimum absolute atomic E-state index is 0.0154. The van der Waals surface area contributed by atoms with Crippen LogP contribution in [0.3, 0.4) is 0 Å². The van der Waals surface area contributed by atoms with Crippen molar-refractivity contribution in [3.05, 3.63) is 65.5 Å². The Balaban J connectivity index is 1.20. The number of carbonyl (C=O) groups excluding carboxylic acids is 2. The molecule has 5 heterocycles. The average molecular weight is 712 g/mol. The number of piperidine rings is 2. The summed E-state index contributed by atoms with van der Waals surface area (Å²) in [5.41, 5.74) is 2.63. The van der Waals surface area contributed by atoms with Crippen LogP contribution >= 0.6 is 0 Å². The van der Waals surface area contributed by atoms with E-state index >= 15 is 4.39 Å². The molecule has 4 aromatic rings. The molecule has 2 aromatic heterocycles. The number of likely N-dealkylation sites (tertiary alicyclic amines) is 2. The highest BCUT2D eigenvalue weighted by atomic mass is 19.1. The maximum atomic E-state index is 15.1. The van der Waals surface area contributed by atoms with E-state index in [1.54, 1.807) is 13.3 Å². The molecule has 4 aliphatic rings. The number of imidazole rings is 1. The molecule has 2 aromatic carbocycles. The first-order chi connectivity index (χ1) is 24.9. The van der Waals surface area contributed by atoms with Crippen LogP contribution in [0.25, 0.3) is 22.3 Å². The number of hydrogen-bond acceptors (Lipinski definition) is 7. The first-order valence-electron chi connectivity index (χ1n) is 18.3. The number of anilines is 3. The molecule has 13 heteroatoms. The average Bonchev–Trinajstić information content (AvgIpc) is 3.64. The second-order valence-electron chi connectivity index (χ2n) is 15.1. The summed E-state index contributed by atoms with van der Waals surface area (Å²) in [4.78, 5) is 54.6. The number of carboxylic acids is 1. The van der Waals surface area contributed by atoms with Crippen molar-refractivity contribution in [2.75, 3.05) is 36.4 Å². The summed E-state index contributed by atoms with van der Waals surface area (Å²) in [6.07, 6.45) is 8.31. The van der Waals surface area contributed by atoms with E-state index in [0.717, 1.165) is 48.8 Å². The van der Waals surface area contributed by atoms with Gasteiger partial charge in [0.05, 0.1) is 34.2 Å². The lowest BCUT2D eigenvalue weighted by Crippen LogP contribution is -2.58. The number of rotatable bonds is 7. The van der Waals surface area contributed by atoms with E-state index in [-0.39, 0.29) is 35.4 Å². The van der Waals surface area contributed by atoms with Gasteiger partial charge in [0, 0.05) is 55.5 Å². The number of halogens is 2. The zero-order valence-electron chi connectivity index (χ0n) is 29.7. The zero-order valence-corrected chi connectivity index (χ0v) is 29.7. The van der Waals surface area contributed by atoms with Crippen LogP contribution in [0.15, 0.2) is 42.7 Å². The molecule has 1 spiro atoms. The van der Waals surface area contributed by atoms with E-state index in [9.17, 15) is 23.9 Å². The van der Waals surface area contributed by atoms with E-state index in [4.69, 9.17) is 4.98 Å². The lowest BCUT2D eigenvalue weighted by molar-refractivity contribution is -0.134. The number of benzene rings is 2. The predicted molar refractivity (Wildman–Crippen MR) is 193 cm³/mol. The molecule has 2 N–H and O–H groups in total. The number of carbonyl (C=O) groups is 3. The van der Waals surface area contributed by atoms with Crippen molar-refractivity contribution in [2.24, 2.45) is 0 Å². The van der Waals surface area contributed by atoms with E-state index in [0.29, 0.717) is 54.8 Å². The smallest absolute Gasteiger partial charge is 0.338 e. The van der Waals surface area contributed by atoms with Gasteiger partial charge in [0.25, 0.3) is 0 Å². The third kappa shape index (κ3) is 5.60. The van der Waals surface area contributed by atoms with Crippen molar-refractivity contribution in [1.82, 2.24) is 24.3 Å². The molecule has 3 fully saturated rings. The summed E-state index contributed by atoms with van der Waals surface area (Å²) in [5.74, 6) is -3.31. The number of nitrogens with zero attached hydrogens (tertiary/aromatic N) is 6. The van der Waals surface area contributed by atoms with E-state index in [1.807, 2.05) is 52.5 Å². The molecule has 3 aliphatic heterocycles. The third-order valence-corrected chi connectivity index (χ3v) is 11.8. The summed E-state index contributed by atoms with van der Waals surface area (Å²) in [6.45, 7) is 8.76. The maximum Gasteiger partial charge on any atom is 0.338 e. The zero-order chi connectivity index (χ0) is 36.5. The summed E-state index contributed by atoms with van der Waals surface area (Å²) in [7, 11) is 0. The van der Waals surface area contributed by atoms with Gasteiger partial charge >= 0.3 is 5.97 Å².